The number of carbonyl (C=O) groups is 2. The Morgan fingerprint density at radius 1 is 1.23 bits per heavy atom. The molecule has 1 saturated heterocycles. The van der Waals surface area contributed by atoms with Gasteiger partial charge in [-0.3, -0.25) is 9.59 Å². The number of amides is 2. The summed E-state index contributed by atoms with van der Waals surface area (Å²) in [5.74, 6) is 0.102. The summed E-state index contributed by atoms with van der Waals surface area (Å²) in [5, 5.41) is 24.8. The van der Waals surface area contributed by atoms with Crippen molar-refractivity contribution in [1.82, 2.24) is 10.2 Å². The first-order valence-corrected chi connectivity index (χ1v) is 14.6. The van der Waals surface area contributed by atoms with Crippen LogP contribution in [-0.2, 0) is 16.0 Å². The summed E-state index contributed by atoms with van der Waals surface area (Å²) >= 11 is 1.53. The quantitative estimate of drug-likeness (QED) is 0.450. The summed E-state index contributed by atoms with van der Waals surface area (Å²) < 4.78 is 5.78. The van der Waals surface area contributed by atoms with Crippen LogP contribution in [0.5, 0.6) is 5.75 Å². The van der Waals surface area contributed by atoms with Gasteiger partial charge in [0, 0.05) is 37.0 Å². The molecule has 2 amide bonds. The lowest BCUT2D eigenvalue weighted by molar-refractivity contribution is -0.138. The molecule has 9 nitrogen and oxygen atoms in total. The molecule has 1 spiro atoms. The van der Waals surface area contributed by atoms with Crippen LogP contribution in [0.1, 0.15) is 25.8 Å². The number of hydrogen-bond acceptors (Lipinski definition) is 8. The van der Waals surface area contributed by atoms with E-state index in [4.69, 9.17) is 10.00 Å². The number of ether oxygens (including phenoxy) is 1. The van der Waals surface area contributed by atoms with E-state index in [0.717, 1.165) is 36.6 Å². The number of carbonyl (C=O) groups excluding carboxylic acids is 2. The number of hydrogen-bond donors (Lipinski definition) is 2. The van der Waals surface area contributed by atoms with Crippen LogP contribution >= 0.6 is 11.8 Å². The molecule has 3 aliphatic rings. The van der Waals surface area contributed by atoms with Gasteiger partial charge >= 0.3 is 0 Å². The highest BCUT2D eigenvalue weighted by Crippen LogP contribution is 2.69. The Labute approximate surface area is 239 Å². The first-order chi connectivity index (χ1) is 19.4. The van der Waals surface area contributed by atoms with E-state index in [1.54, 1.807) is 4.90 Å². The van der Waals surface area contributed by atoms with Crippen molar-refractivity contribution in [2.75, 3.05) is 49.5 Å². The van der Waals surface area contributed by atoms with Gasteiger partial charge in [-0.15, -0.1) is 11.8 Å². The molecule has 4 unspecified atom stereocenters. The SMILES string of the molecule is CCN1C(=O)C(CNc2cccc(CCN3CCOc4ccccc43)c2)C(C)SC12CC2(C#N)C(=O)NCC#N. The first-order valence-electron chi connectivity index (χ1n) is 13.7. The lowest BCUT2D eigenvalue weighted by Crippen LogP contribution is -2.56. The Morgan fingerprint density at radius 3 is 2.83 bits per heavy atom. The fraction of sp³-hybridized carbons (Fsp3) is 0.467. The van der Waals surface area contributed by atoms with Gasteiger partial charge in [0.15, 0.2) is 5.41 Å². The van der Waals surface area contributed by atoms with Crippen LogP contribution < -0.4 is 20.3 Å². The number of rotatable bonds is 9. The van der Waals surface area contributed by atoms with Gasteiger partial charge in [-0.1, -0.05) is 31.2 Å². The summed E-state index contributed by atoms with van der Waals surface area (Å²) in [7, 11) is 0. The minimum absolute atomic E-state index is 0.0476. The number of anilines is 2. The number of nitrogens with zero attached hydrogens (tertiary/aromatic N) is 4. The molecule has 2 aliphatic heterocycles. The molecule has 2 fully saturated rings. The fourth-order valence-corrected chi connectivity index (χ4v) is 7.95. The van der Waals surface area contributed by atoms with Crippen molar-refractivity contribution in [2.45, 2.75) is 36.8 Å². The Bertz CT molecular complexity index is 1370. The van der Waals surface area contributed by atoms with Crippen molar-refractivity contribution in [3.8, 4) is 17.9 Å². The summed E-state index contributed by atoms with van der Waals surface area (Å²) in [5.41, 5.74) is 1.96. The zero-order valence-corrected chi connectivity index (χ0v) is 23.7. The molecular formula is C30H34N6O3S. The minimum atomic E-state index is -1.33. The average Bonchev–Trinajstić information content (AvgIpc) is 3.62. The third kappa shape index (κ3) is 4.82. The number of benzene rings is 2. The van der Waals surface area contributed by atoms with Gasteiger partial charge in [0.25, 0.3) is 0 Å². The average molecular weight is 559 g/mol. The van der Waals surface area contributed by atoms with Crippen LogP contribution in [0.3, 0.4) is 0 Å². The Morgan fingerprint density at radius 2 is 2.05 bits per heavy atom. The van der Waals surface area contributed by atoms with E-state index < -0.39 is 16.2 Å². The highest BCUT2D eigenvalue weighted by Gasteiger charge is 2.79. The predicted octanol–water partition coefficient (Wildman–Crippen LogP) is 3.39. The number of nitriles is 2. The van der Waals surface area contributed by atoms with Crippen molar-refractivity contribution < 1.29 is 14.3 Å². The summed E-state index contributed by atoms with van der Waals surface area (Å²) in [6, 6.07) is 20.5. The maximum absolute atomic E-state index is 13.7. The molecule has 208 valence electrons. The van der Waals surface area contributed by atoms with Crippen LogP contribution in [-0.4, -0.2) is 66.2 Å². The third-order valence-electron chi connectivity index (χ3n) is 8.18. The summed E-state index contributed by atoms with van der Waals surface area (Å²) in [6.07, 6.45) is 1.16. The number of para-hydroxylation sites is 2. The molecule has 0 radical (unpaired) electrons. The van der Waals surface area contributed by atoms with E-state index in [-0.39, 0.29) is 30.0 Å². The first kappa shape index (κ1) is 27.7. The topological polar surface area (TPSA) is 121 Å². The second-order valence-electron chi connectivity index (χ2n) is 10.5. The largest absolute Gasteiger partial charge is 0.490 e. The second kappa shape index (κ2) is 11.3. The summed E-state index contributed by atoms with van der Waals surface area (Å²) in [6.45, 7) is 7.00. The van der Waals surface area contributed by atoms with Crippen molar-refractivity contribution in [2.24, 2.45) is 11.3 Å². The van der Waals surface area contributed by atoms with Crippen LogP contribution in [0, 0.1) is 34.0 Å². The van der Waals surface area contributed by atoms with E-state index >= 15 is 0 Å². The van der Waals surface area contributed by atoms with Crippen LogP contribution in [0.25, 0.3) is 0 Å². The smallest absolute Gasteiger partial charge is 0.244 e. The van der Waals surface area contributed by atoms with Gasteiger partial charge in [-0.25, -0.2) is 0 Å². The van der Waals surface area contributed by atoms with E-state index in [1.165, 1.54) is 17.3 Å². The Hall–Kier alpha value is -3.89. The molecule has 40 heavy (non-hydrogen) atoms. The molecule has 0 aromatic heterocycles. The highest BCUT2D eigenvalue weighted by molar-refractivity contribution is 8.01. The minimum Gasteiger partial charge on any atom is -0.490 e. The summed E-state index contributed by atoms with van der Waals surface area (Å²) in [4.78, 5) is 29.7. The zero-order valence-electron chi connectivity index (χ0n) is 22.9. The maximum Gasteiger partial charge on any atom is 0.244 e. The molecule has 2 aromatic carbocycles. The normalized spacial score (nSPS) is 26.8. The molecule has 0 bridgehead atoms. The van der Waals surface area contributed by atoms with Crippen LogP contribution in [0.15, 0.2) is 48.5 Å². The number of nitrogens with one attached hydrogen (secondary N) is 2. The van der Waals surface area contributed by atoms with Gasteiger partial charge in [0.1, 0.15) is 23.8 Å². The molecule has 1 aliphatic carbocycles. The van der Waals surface area contributed by atoms with E-state index in [0.29, 0.717) is 19.7 Å². The Kier molecular flexibility index (Phi) is 7.82. The molecule has 1 saturated carbocycles. The lowest BCUT2D eigenvalue weighted by atomic mass is 10.0. The molecule has 2 heterocycles. The fourth-order valence-electron chi connectivity index (χ4n) is 5.97. The van der Waals surface area contributed by atoms with Gasteiger partial charge in [0.2, 0.25) is 11.8 Å². The van der Waals surface area contributed by atoms with Crippen LogP contribution in [0.2, 0.25) is 0 Å². The van der Waals surface area contributed by atoms with Gasteiger partial charge in [-0.05, 0) is 43.2 Å². The van der Waals surface area contributed by atoms with Crippen LogP contribution in [0.4, 0.5) is 11.4 Å². The van der Waals surface area contributed by atoms with Gasteiger partial charge in [-0.2, -0.15) is 10.5 Å². The van der Waals surface area contributed by atoms with Gasteiger partial charge in [0.05, 0.1) is 30.3 Å². The van der Waals surface area contributed by atoms with Crippen molar-refractivity contribution in [3.05, 3.63) is 54.1 Å². The molecule has 10 heteroatoms. The monoisotopic (exact) mass is 558 g/mol. The molecule has 4 atom stereocenters. The highest BCUT2D eigenvalue weighted by atomic mass is 32.2. The molecule has 2 N–H and O–H groups in total. The maximum atomic E-state index is 13.7. The van der Waals surface area contributed by atoms with E-state index in [1.807, 2.05) is 50.2 Å². The van der Waals surface area contributed by atoms with E-state index in [9.17, 15) is 14.9 Å². The molecular weight excluding hydrogens is 524 g/mol. The molecule has 5 rings (SSSR count). The predicted molar refractivity (Wildman–Crippen MR) is 155 cm³/mol. The van der Waals surface area contributed by atoms with Gasteiger partial charge < -0.3 is 25.2 Å². The standard InChI is InChI=1S/C30H34N6O3S/c1-3-36-27(37)24(21(2)40-30(36)19-29(30,20-32)28(38)33-13-12-31)18-34-23-8-6-7-22(17-23)11-14-35-15-16-39-26-10-5-4-9-25(26)35/h4-10,17,21,24,34H,3,11,13-16,18-19H2,1-2H3,(H,33,38). The van der Waals surface area contributed by atoms with Crippen molar-refractivity contribution >= 4 is 35.0 Å². The molecule has 2 aromatic rings. The van der Waals surface area contributed by atoms with Crippen molar-refractivity contribution in [3.63, 3.8) is 0 Å². The van der Waals surface area contributed by atoms with Crippen molar-refractivity contribution in [1.29, 1.82) is 10.5 Å². The zero-order chi connectivity index (χ0) is 28.3. The second-order valence-corrected chi connectivity index (χ2v) is 12.1. The Balaban J connectivity index is 1.22. The number of fused-ring (bicyclic) bond motifs is 1. The third-order valence-corrected chi connectivity index (χ3v) is 9.99. The van der Waals surface area contributed by atoms with E-state index in [2.05, 4.69) is 39.8 Å². The lowest BCUT2D eigenvalue weighted by Gasteiger charge is -2.43. The number of thioether (sulfide) groups is 1.